The van der Waals surface area contributed by atoms with Gasteiger partial charge in [0.05, 0.1) is 0 Å². The summed E-state index contributed by atoms with van der Waals surface area (Å²) in [5.41, 5.74) is 1.90. The van der Waals surface area contributed by atoms with E-state index in [-0.39, 0.29) is 6.03 Å². The summed E-state index contributed by atoms with van der Waals surface area (Å²) in [5, 5.41) is 8.35. The number of anilines is 1. The van der Waals surface area contributed by atoms with Crippen molar-refractivity contribution < 1.29 is 4.79 Å². The van der Waals surface area contributed by atoms with Gasteiger partial charge in [0.15, 0.2) is 0 Å². The second-order valence-electron chi connectivity index (χ2n) is 4.22. The number of amides is 2. The number of carbonyl (C=O) groups excluding carboxylic acids is 1. The Labute approximate surface area is 130 Å². The van der Waals surface area contributed by atoms with Gasteiger partial charge in [-0.2, -0.15) is 0 Å². The maximum Gasteiger partial charge on any atom is 0.320 e. The lowest BCUT2D eigenvalue weighted by Gasteiger charge is -2.08. The van der Waals surface area contributed by atoms with Crippen LogP contribution in [0.1, 0.15) is 19.0 Å². The van der Waals surface area contributed by atoms with Crippen LogP contribution in [0.25, 0.3) is 10.6 Å². The molecule has 0 bridgehead atoms. The summed E-state index contributed by atoms with van der Waals surface area (Å²) in [6.45, 7) is 4.59. The van der Waals surface area contributed by atoms with Gasteiger partial charge in [-0.3, -0.25) is 5.32 Å². The second-order valence-corrected chi connectivity index (χ2v) is 5.94. The third-order valence-electron chi connectivity index (χ3n) is 2.48. The Morgan fingerprint density at radius 3 is 2.95 bits per heavy atom. The van der Waals surface area contributed by atoms with Crippen LogP contribution in [0.5, 0.6) is 0 Å². The molecule has 0 fully saturated rings. The summed E-state index contributed by atoms with van der Waals surface area (Å²) in [7, 11) is 0. The van der Waals surface area contributed by atoms with E-state index in [1.54, 1.807) is 17.5 Å². The van der Waals surface area contributed by atoms with Crippen molar-refractivity contribution in [2.45, 2.75) is 20.3 Å². The van der Waals surface area contributed by atoms with E-state index in [0.717, 1.165) is 27.2 Å². The Balaban J connectivity index is 2.18. The van der Waals surface area contributed by atoms with Crippen molar-refractivity contribution in [1.29, 1.82) is 0 Å². The zero-order chi connectivity index (χ0) is 14.5. The van der Waals surface area contributed by atoms with Gasteiger partial charge in [0.25, 0.3) is 0 Å². The number of aryl methyl sites for hydroxylation is 1. The van der Waals surface area contributed by atoms with Crippen molar-refractivity contribution in [1.82, 2.24) is 15.3 Å². The Bertz CT molecular complexity index is 614. The van der Waals surface area contributed by atoms with Crippen LogP contribution in [0.15, 0.2) is 22.1 Å². The number of aromatic nitrogens is 2. The number of hydrogen-bond acceptors (Lipinski definition) is 4. The van der Waals surface area contributed by atoms with Crippen molar-refractivity contribution in [3.05, 3.63) is 27.8 Å². The van der Waals surface area contributed by atoms with Gasteiger partial charge in [-0.1, -0.05) is 6.92 Å². The molecule has 0 saturated carbocycles. The van der Waals surface area contributed by atoms with E-state index in [9.17, 15) is 4.79 Å². The fourth-order valence-corrected chi connectivity index (χ4v) is 2.91. The highest BCUT2D eigenvalue weighted by Gasteiger charge is 2.10. The summed E-state index contributed by atoms with van der Waals surface area (Å²) in [5.74, 6) is 0.504. The molecule has 0 radical (unpaired) electrons. The summed E-state index contributed by atoms with van der Waals surface area (Å²) >= 11 is 5.02. The van der Waals surface area contributed by atoms with Gasteiger partial charge < -0.3 is 5.32 Å². The average Bonchev–Trinajstić information content (AvgIpc) is 2.85. The van der Waals surface area contributed by atoms with E-state index >= 15 is 0 Å². The molecule has 0 spiro atoms. The molecule has 0 aliphatic heterocycles. The normalized spacial score (nSPS) is 10.3. The van der Waals surface area contributed by atoms with Crippen molar-refractivity contribution in [3.63, 3.8) is 0 Å². The molecule has 0 unspecified atom stereocenters. The molecular weight excluding hydrogens is 340 g/mol. The third-order valence-corrected chi connectivity index (χ3v) is 4.11. The molecule has 0 saturated heterocycles. The van der Waals surface area contributed by atoms with E-state index in [1.165, 1.54) is 0 Å². The van der Waals surface area contributed by atoms with Crippen molar-refractivity contribution in [2.24, 2.45) is 0 Å². The minimum atomic E-state index is -0.247. The van der Waals surface area contributed by atoms with Crippen LogP contribution in [-0.4, -0.2) is 22.5 Å². The van der Waals surface area contributed by atoms with Crippen LogP contribution in [-0.2, 0) is 0 Å². The highest BCUT2D eigenvalue weighted by atomic mass is 79.9. The summed E-state index contributed by atoms with van der Waals surface area (Å²) in [6.07, 6.45) is 2.56. The number of urea groups is 1. The van der Waals surface area contributed by atoms with Crippen LogP contribution >= 0.6 is 27.3 Å². The molecule has 2 amide bonds. The number of pyridine rings is 1. The zero-order valence-corrected chi connectivity index (χ0v) is 13.6. The topological polar surface area (TPSA) is 66.9 Å². The van der Waals surface area contributed by atoms with Gasteiger partial charge in [-0.25, -0.2) is 14.8 Å². The SMILES string of the molecule is CCCNC(=O)Nc1cc(-c2nc(C)cs2)c(Br)cn1. The molecule has 0 atom stereocenters. The van der Waals surface area contributed by atoms with E-state index in [4.69, 9.17) is 0 Å². The minimum Gasteiger partial charge on any atom is -0.338 e. The first-order valence-corrected chi connectivity index (χ1v) is 7.90. The first-order chi connectivity index (χ1) is 9.60. The lowest BCUT2D eigenvalue weighted by Crippen LogP contribution is -2.29. The van der Waals surface area contributed by atoms with Gasteiger partial charge in [0.2, 0.25) is 0 Å². The number of nitrogens with one attached hydrogen (secondary N) is 2. The number of halogens is 1. The molecule has 7 heteroatoms. The average molecular weight is 355 g/mol. The zero-order valence-electron chi connectivity index (χ0n) is 11.2. The molecule has 2 aromatic heterocycles. The molecule has 2 aromatic rings. The first kappa shape index (κ1) is 14.9. The first-order valence-electron chi connectivity index (χ1n) is 6.23. The molecule has 0 aromatic carbocycles. The van der Waals surface area contributed by atoms with E-state index in [2.05, 4.69) is 36.5 Å². The fourth-order valence-electron chi connectivity index (χ4n) is 1.55. The monoisotopic (exact) mass is 354 g/mol. The highest BCUT2D eigenvalue weighted by molar-refractivity contribution is 9.10. The largest absolute Gasteiger partial charge is 0.338 e. The van der Waals surface area contributed by atoms with Crippen LogP contribution in [0.4, 0.5) is 10.6 Å². The van der Waals surface area contributed by atoms with Gasteiger partial charge >= 0.3 is 6.03 Å². The molecule has 0 aliphatic rings. The number of rotatable bonds is 4. The van der Waals surface area contributed by atoms with E-state index in [1.807, 2.05) is 25.3 Å². The predicted octanol–water partition coefficient (Wildman–Crippen LogP) is 3.81. The van der Waals surface area contributed by atoms with E-state index in [0.29, 0.717) is 12.4 Å². The Morgan fingerprint density at radius 1 is 1.50 bits per heavy atom. The number of nitrogens with zero attached hydrogens (tertiary/aromatic N) is 2. The lowest BCUT2D eigenvalue weighted by atomic mass is 10.2. The van der Waals surface area contributed by atoms with Gasteiger partial charge in [-0.15, -0.1) is 11.3 Å². The molecule has 20 heavy (non-hydrogen) atoms. The van der Waals surface area contributed by atoms with Crippen molar-refractivity contribution in [2.75, 3.05) is 11.9 Å². The summed E-state index contributed by atoms with van der Waals surface area (Å²) in [6, 6.07) is 1.57. The maximum absolute atomic E-state index is 11.6. The van der Waals surface area contributed by atoms with Crippen LogP contribution in [0.3, 0.4) is 0 Å². The molecule has 2 N–H and O–H groups in total. The van der Waals surface area contributed by atoms with E-state index < -0.39 is 0 Å². The van der Waals surface area contributed by atoms with Crippen LogP contribution in [0.2, 0.25) is 0 Å². The standard InChI is InChI=1S/C13H15BrN4OS/c1-3-4-15-13(19)18-11-5-9(10(14)6-16-11)12-17-8(2)7-20-12/h5-7H,3-4H2,1-2H3,(H2,15,16,18,19). The molecule has 2 rings (SSSR count). The smallest absolute Gasteiger partial charge is 0.320 e. The maximum atomic E-state index is 11.6. The Morgan fingerprint density at radius 2 is 2.30 bits per heavy atom. The third kappa shape index (κ3) is 3.77. The molecule has 0 aliphatic carbocycles. The number of hydrogen-bond donors (Lipinski definition) is 2. The molecule has 2 heterocycles. The quantitative estimate of drug-likeness (QED) is 0.877. The summed E-state index contributed by atoms with van der Waals surface area (Å²) in [4.78, 5) is 20.2. The Hall–Kier alpha value is -1.47. The Kier molecular flexibility index (Phi) is 5.08. The van der Waals surface area contributed by atoms with Crippen LogP contribution < -0.4 is 10.6 Å². The van der Waals surface area contributed by atoms with Crippen molar-refractivity contribution in [3.8, 4) is 10.6 Å². The van der Waals surface area contributed by atoms with Gasteiger partial charge in [0.1, 0.15) is 10.8 Å². The summed E-state index contributed by atoms with van der Waals surface area (Å²) < 4.78 is 0.853. The van der Waals surface area contributed by atoms with Gasteiger partial charge in [-0.05, 0) is 35.3 Å². The molecule has 106 valence electrons. The highest BCUT2D eigenvalue weighted by Crippen LogP contribution is 2.31. The van der Waals surface area contributed by atoms with Crippen LogP contribution in [0, 0.1) is 6.92 Å². The minimum absolute atomic E-state index is 0.247. The second kappa shape index (κ2) is 6.81. The van der Waals surface area contributed by atoms with Crippen molar-refractivity contribution >= 4 is 39.1 Å². The number of carbonyl (C=O) groups is 1. The fraction of sp³-hybridized carbons (Fsp3) is 0.308. The number of thiazole rings is 1. The lowest BCUT2D eigenvalue weighted by molar-refractivity contribution is 0.252. The predicted molar refractivity (Wildman–Crippen MR) is 85.1 cm³/mol. The molecular formula is C13H15BrN4OS. The van der Waals surface area contributed by atoms with Gasteiger partial charge in [0, 0.05) is 33.9 Å². The molecule has 5 nitrogen and oxygen atoms in total.